The summed E-state index contributed by atoms with van der Waals surface area (Å²) in [7, 11) is 0. The molecule has 1 heterocycles. The molecule has 0 radical (unpaired) electrons. The van der Waals surface area contributed by atoms with Crippen LogP contribution in [0.15, 0.2) is 0 Å². The highest BCUT2D eigenvalue weighted by molar-refractivity contribution is 5.90. The zero-order chi connectivity index (χ0) is 14.4. The van der Waals surface area contributed by atoms with Crippen LogP contribution in [0, 0.1) is 29.6 Å². The SMILES string of the molecule is CC(C)C1NC2(CCCC2)C(=O)N1C1C2C3CCC(C3)C21. The Balaban J connectivity index is 1.46. The van der Waals surface area contributed by atoms with Crippen LogP contribution >= 0.6 is 0 Å². The molecule has 5 fully saturated rings. The van der Waals surface area contributed by atoms with E-state index in [1.165, 1.54) is 32.1 Å². The molecule has 5 unspecified atom stereocenters. The van der Waals surface area contributed by atoms with Crippen molar-refractivity contribution in [2.24, 2.45) is 29.6 Å². The van der Waals surface area contributed by atoms with E-state index in [1.807, 2.05) is 0 Å². The largest absolute Gasteiger partial charge is 0.322 e. The highest BCUT2D eigenvalue weighted by Gasteiger charge is 2.70. The number of nitrogens with one attached hydrogen (secondary N) is 1. The van der Waals surface area contributed by atoms with Crippen molar-refractivity contribution in [3.63, 3.8) is 0 Å². The Morgan fingerprint density at radius 2 is 1.76 bits per heavy atom. The molecule has 4 aliphatic carbocycles. The smallest absolute Gasteiger partial charge is 0.244 e. The molecule has 1 aliphatic heterocycles. The second-order valence-corrected chi connectivity index (χ2v) is 8.81. The number of carbonyl (C=O) groups is 1. The topological polar surface area (TPSA) is 32.3 Å². The van der Waals surface area contributed by atoms with E-state index in [4.69, 9.17) is 0 Å². The monoisotopic (exact) mass is 288 g/mol. The third-order valence-electron chi connectivity index (χ3n) is 7.47. The van der Waals surface area contributed by atoms with E-state index in [1.54, 1.807) is 0 Å². The Morgan fingerprint density at radius 3 is 2.33 bits per heavy atom. The van der Waals surface area contributed by atoms with Gasteiger partial charge in [-0.25, -0.2) is 0 Å². The molecule has 0 aromatic heterocycles. The van der Waals surface area contributed by atoms with Gasteiger partial charge in [0.15, 0.2) is 0 Å². The highest BCUT2D eigenvalue weighted by atomic mass is 16.2. The zero-order valence-corrected chi connectivity index (χ0v) is 13.3. The maximum absolute atomic E-state index is 13.3. The van der Waals surface area contributed by atoms with Crippen LogP contribution in [0.2, 0.25) is 0 Å². The van der Waals surface area contributed by atoms with Gasteiger partial charge in [-0.1, -0.05) is 26.7 Å². The van der Waals surface area contributed by atoms with Crippen LogP contribution in [0.4, 0.5) is 0 Å². The van der Waals surface area contributed by atoms with Crippen LogP contribution in [0.5, 0.6) is 0 Å². The van der Waals surface area contributed by atoms with Crippen molar-refractivity contribution in [2.75, 3.05) is 0 Å². The molecule has 5 aliphatic rings. The van der Waals surface area contributed by atoms with E-state index in [2.05, 4.69) is 24.1 Å². The van der Waals surface area contributed by atoms with Crippen LogP contribution in [-0.4, -0.2) is 28.6 Å². The number of hydrogen-bond donors (Lipinski definition) is 1. The predicted octanol–water partition coefficient (Wildman–Crippen LogP) is 2.76. The first-order valence-electron chi connectivity index (χ1n) is 9.23. The van der Waals surface area contributed by atoms with Gasteiger partial charge in [-0.05, 0) is 61.7 Å². The summed E-state index contributed by atoms with van der Waals surface area (Å²) in [5.41, 5.74) is -0.176. The summed E-state index contributed by atoms with van der Waals surface area (Å²) in [5.74, 6) is 4.63. The maximum Gasteiger partial charge on any atom is 0.244 e. The van der Waals surface area contributed by atoms with Crippen molar-refractivity contribution in [2.45, 2.75) is 76.5 Å². The van der Waals surface area contributed by atoms with Crippen molar-refractivity contribution in [3.8, 4) is 0 Å². The molecule has 0 aromatic carbocycles. The first-order chi connectivity index (χ1) is 10.1. The van der Waals surface area contributed by atoms with Gasteiger partial charge in [0, 0.05) is 6.04 Å². The molecule has 1 amide bonds. The Morgan fingerprint density at radius 1 is 1.14 bits per heavy atom. The van der Waals surface area contributed by atoms with E-state index >= 15 is 0 Å². The Hall–Kier alpha value is -0.570. The van der Waals surface area contributed by atoms with Gasteiger partial charge >= 0.3 is 0 Å². The van der Waals surface area contributed by atoms with Crippen LogP contribution in [0.1, 0.15) is 58.8 Å². The summed E-state index contributed by atoms with van der Waals surface area (Å²) in [6.07, 6.45) is 9.23. The molecule has 4 saturated carbocycles. The van der Waals surface area contributed by atoms with Crippen LogP contribution in [0.25, 0.3) is 0 Å². The fourth-order valence-corrected chi connectivity index (χ4v) is 6.58. The van der Waals surface area contributed by atoms with E-state index in [0.29, 0.717) is 24.0 Å². The fraction of sp³-hybridized carbons (Fsp3) is 0.944. The Labute approximate surface area is 127 Å². The van der Waals surface area contributed by atoms with Crippen LogP contribution in [-0.2, 0) is 4.79 Å². The minimum atomic E-state index is -0.176. The van der Waals surface area contributed by atoms with Crippen LogP contribution < -0.4 is 5.32 Å². The quantitative estimate of drug-likeness (QED) is 0.847. The third-order valence-corrected chi connectivity index (χ3v) is 7.47. The molecular formula is C18H28N2O. The molecule has 116 valence electrons. The lowest BCUT2D eigenvalue weighted by Gasteiger charge is -2.29. The maximum atomic E-state index is 13.3. The number of fused-ring (bicyclic) bond motifs is 5. The van der Waals surface area contributed by atoms with Crippen molar-refractivity contribution < 1.29 is 4.79 Å². The van der Waals surface area contributed by atoms with Crippen molar-refractivity contribution >= 4 is 5.91 Å². The lowest BCUT2D eigenvalue weighted by molar-refractivity contribution is -0.134. The zero-order valence-electron chi connectivity index (χ0n) is 13.3. The summed E-state index contributed by atoms with van der Waals surface area (Å²) < 4.78 is 0. The fourth-order valence-electron chi connectivity index (χ4n) is 6.58. The number of carbonyl (C=O) groups excluding carboxylic acids is 1. The lowest BCUT2D eigenvalue weighted by Crippen LogP contribution is -2.46. The van der Waals surface area contributed by atoms with Gasteiger partial charge in [0.1, 0.15) is 0 Å². The third kappa shape index (κ3) is 1.51. The second kappa shape index (κ2) is 4.04. The molecule has 3 nitrogen and oxygen atoms in total. The van der Waals surface area contributed by atoms with Gasteiger partial charge in [0.05, 0.1) is 11.7 Å². The van der Waals surface area contributed by atoms with Crippen molar-refractivity contribution in [1.29, 1.82) is 0 Å². The summed E-state index contributed by atoms with van der Waals surface area (Å²) in [5, 5.41) is 3.80. The average molecular weight is 288 g/mol. The first kappa shape index (κ1) is 12.9. The molecule has 1 N–H and O–H groups in total. The molecule has 5 atom stereocenters. The number of rotatable bonds is 2. The molecule has 1 spiro atoms. The molecule has 5 rings (SSSR count). The summed E-state index contributed by atoms with van der Waals surface area (Å²) >= 11 is 0. The van der Waals surface area contributed by atoms with Crippen LogP contribution in [0.3, 0.4) is 0 Å². The van der Waals surface area contributed by atoms with Crippen molar-refractivity contribution in [1.82, 2.24) is 10.2 Å². The van der Waals surface area contributed by atoms with E-state index in [9.17, 15) is 4.79 Å². The Bertz CT molecular complexity index is 466. The molecule has 2 bridgehead atoms. The van der Waals surface area contributed by atoms with Gasteiger partial charge in [0.25, 0.3) is 0 Å². The normalized spacial score (nSPS) is 49.7. The highest BCUT2D eigenvalue weighted by Crippen LogP contribution is 2.68. The minimum absolute atomic E-state index is 0.176. The van der Waals surface area contributed by atoms with Gasteiger partial charge in [-0.2, -0.15) is 0 Å². The van der Waals surface area contributed by atoms with E-state index < -0.39 is 0 Å². The summed E-state index contributed by atoms with van der Waals surface area (Å²) in [6, 6.07) is 0.601. The number of hydrogen-bond acceptors (Lipinski definition) is 2. The molecular weight excluding hydrogens is 260 g/mol. The van der Waals surface area contributed by atoms with Gasteiger partial charge in [0.2, 0.25) is 5.91 Å². The van der Waals surface area contributed by atoms with E-state index in [0.717, 1.165) is 36.5 Å². The summed E-state index contributed by atoms with van der Waals surface area (Å²) in [4.78, 5) is 15.6. The van der Waals surface area contributed by atoms with Gasteiger partial charge in [-0.3, -0.25) is 10.1 Å². The molecule has 1 saturated heterocycles. The molecule has 3 heteroatoms. The number of amides is 1. The van der Waals surface area contributed by atoms with Crippen molar-refractivity contribution in [3.05, 3.63) is 0 Å². The average Bonchev–Trinajstić information content (AvgIpc) is 2.92. The Kier molecular flexibility index (Phi) is 2.48. The van der Waals surface area contributed by atoms with E-state index in [-0.39, 0.29) is 5.54 Å². The number of nitrogens with zero attached hydrogens (tertiary/aromatic N) is 1. The standard InChI is InChI=1S/C18H28N2O/c1-10(2)16-19-18(7-3-4-8-18)17(21)20(16)15-13-11-5-6-12(9-11)14(13)15/h10-16,19H,3-9H2,1-2H3. The lowest BCUT2D eigenvalue weighted by atomic mass is 9.97. The molecule has 21 heavy (non-hydrogen) atoms. The molecule has 0 aromatic rings. The predicted molar refractivity (Wildman–Crippen MR) is 81.4 cm³/mol. The summed E-state index contributed by atoms with van der Waals surface area (Å²) in [6.45, 7) is 4.55. The first-order valence-corrected chi connectivity index (χ1v) is 9.23. The minimum Gasteiger partial charge on any atom is -0.322 e. The second-order valence-electron chi connectivity index (χ2n) is 8.81. The van der Waals surface area contributed by atoms with Gasteiger partial charge in [-0.15, -0.1) is 0 Å². The van der Waals surface area contributed by atoms with Gasteiger partial charge < -0.3 is 4.90 Å².